The smallest absolute Gasteiger partial charge is 0.267 e. The van der Waals surface area contributed by atoms with Crippen molar-refractivity contribution in [1.29, 1.82) is 0 Å². The Morgan fingerprint density at radius 3 is 2.52 bits per heavy atom. The highest BCUT2D eigenvalue weighted by atomic mass is 79.9. The van der Waals surface area contributed by atoms with Crippen LogP contribution in [-0.4, -0.2) is 22.0 Å². The molecule has 1 heterocycles. The molecule has 31 heavy (non-hydrogen) atoms. The molecule has 0 unspecified atom stereocenters. The van der Waals surface area contributed by atoms with Gasteiger partial charge < -0.3 is 0 Å². The summed E-state index contributed by atoms with van der Waals surface area (Å²) >= 11 is 8.17. The Morgan fingerprint density at radius 1 is 1.06 bits per heavy atom. The van der Waals surface area contributed by atoms with Gasteiger partial charge in [-0.15, -0.1) is 0 Å². The van der Waals surface area contributed by atoms with Gasteiger partial charge in [0.2, 0.25) is 5.13 Å². The first kappa shape index (κ1) is 21.3. The largest absolute Gasteiger partial charge is 0.280 e. The zero-order valence-corrected chi connectivity index (χ0v) is 19.6. The van der Waals surface area contributed by atoms with Crippen molar-refractivity contribution in [2.45, 2.75) is 0 Å². The molecule has 1 amide bonds. The fourth-order valence-corrected chi connectivity index (χ4v) is 4.59. The topological polar surface area (TPSA) is 88.7 Å². The Labute approximate surface area is 197 Å². The molecule has 7 nitrogen and oxygen atoms in total. The maximum atomic E-state index is 13.3. The van der Waals surface area contributed by atoms with Crippen molar-refractivity contribution in [2.24, 2.45) is 5.10 Å². The molecule has 0 aliphatic rings. The maximum Gasteiger partial charge on any atom is 0.280 e. The Balaban J connectivity index is 1.74. The second-order valence-corrected chi connectivity index (χ2v) is 9.17. The predicted molar refractivity (Wildman–Crippen MR) is 129 cm³/mol. The molecular weight excluding hydrogens is 548 g/mol. The van der Waals surface area contributed by atoms with Crippen LogP contribution in [0.15, 0.2) is 80.8 Å². The van der Waals surface area contributed by atoms with Crippen LogP contribution in [0, 0.1) is 10.1 Å². The van der Waals surface area contributed by atoms with Crippen LogP contribution in [0.1, 0.15) is 15.9 Å². The number of nitrogens with zero attached hydrogens (tertiary/aromatic N) is 4. The fourth-order valence-electron chi connectivity index (χ4n) is 2.72. The first-order valence-corrected chi connectivity index (χ1v) is 11.3. The van der Waals surface area contributed by atoms with E-state index in [0.29, 0.717) is 16.3 Å². The molecule has 1 aromatic heterocycles. The monoisotopic (exact) mass is 558 g/mol. The average Bonchev–Trinajstić information content (AvgIpc) is 3.16. The number of carbonyl (C=O) groups is 1. The zero-order valence-electron chi connectivity index (χ0n) is 15.6. The lowest BCUT2D eigenvalue weighted by Gasteiger charge is -2.14. The molecule has 0 spiro atoms. The Kier molecular flexibility index (Phi) is 6.21. The van der Waals surface area contributed by atoms with Gasteiger partial charge in [-0.2, -0.15) is 10.1 Å². The van der Waals surface area contributed by atoms with E-state index in [1.807, 2.05) is 24.3 Å². The molecule has 3 aromatic carbocycles. The van der Waals surface area contributed by atoms with Crippen molar-refractivity contribution in [1.82, 2.24) is 4.98 Å². The van der Waals surface area contributed by atoms with Crippen LogP contribution in [0.25, 0.3) is 10.2 Å². The molecule has 0 bridgehead atoms. The molecule has 4 aromatic rings. The highest BCUT2D eigenvalue weighted by Gasteiger charge is 2.21. The van der Waals surface area contributed by atoms with Gasteiger partial charge in [-0.1, -0.05) is 49.3 Å². The van der Waals surface area contributed by atoms with E-state index in [2.05, 4.69) is 41.9 Å². The number of amides is 1. The standard InChI is InChI=1S/C21H12Br2N4O3S/c22-15-3-1-2-14(10-15)20(28)26(21-25-18-9-6-16(23)11-19(18)31-21)24-12-13-4-7-17(8-5-13)27(29)30/h1-12H/b24-12+. The lowest BCUT2D eigenvalue weighted by molar-refractivity contribution is -0.384. The molecule has 154 valence electrons. The first-order valence-electron chi connectivity index (χ1n) is 8.85. The lowest BCUT2D eigenvalue weighted by Crippen LogP contribution is -2.25. The van der Waals surface area contributed by atoms with Crippen molar-refractivity contribution in [2.75, 3.05) is 5.01 Å². The molecule has 0 saturated carbocycles. The van der Waals surface area contributed by atoms with Crippen LogP contribution in [0.4, 0.5) is 10.8 Å². The van der Waals surface area contributed by atoms with Crippen molar-refractivity contribution in [3.8, 4) is 0 Å². The summed E-state index contributed by atoms with van der Waals surface area (Å²) in [7, 11) is 0. The van der Waals surface area contributed by atoms with Crippen molar-refractivity contribution in [3.63, 3.8) is 0 Å². The van der Waals surface area contributed by atoms with Crippen LogP contribution in [0.2, 0.25) is 0 Å². The van der Waals surface area contributed by atoms with Gasteiger partial charge in [0.1, 0.15) is 0 Å². The fraction of sp³-hybridized carbons (Fsp3) is 0. The number of hydrogen-bond donors (Lipinski definition) is 0. The summed E-state index contributed by atoms with van der Waals surface area (Å²) < 4.78 is 2.59. The van der Waals surface area contributed by atoms with E-state index in [9.17, 15) is 14.9 Å². The van der Waals surface area contributed by atoms with E-state index in [-0.39, 0.29) is 11.6 Å². The molecule has 0 fully saturated rings. The van der Waals surface area contributed by atoms with Gasteiger partial charge >= 0.3 is 0 Å². The van der Waals surface area contributed by atoms with Gasteiger partial charge in [0.15, 0.2) is 0 Å². The number of aromatic nitrogens is 1. The SMILES string of the molecule is O=C(c1cccc(Br)c1)N(/N=C/c1ccc([N+](=O)[O-])cc1)c1nc2ccc(Br)cc2s1. The van der Waals surface area contributed by atoms with Crippen LogP contribution < -0.4 is 5.01 Å². The van der Waals surface area contributed by atoms with Gasteiger partial charge in [0.25, 0.3) is 11.6 Å². The number of nitro benzene ring substituents is 1. The predicted octanol–water partition coefficient (Wildman–Crippen LogP) is 6.41. The molecule has 0 aliphatic carbocycles. The average molecular weight is 560 g/mol. The maximum absolute atomic E-state index is 13.3. The number of halogens is 2. The molecule has 4 rings (SSSR count). The minimum Gasteiger partial charge on any atom is -0.267 e. The minimum absolute atomic E-state index is 0.0176. The van der Waals surface area contributed by atoms with Crippen LogP contribution in [0.5, 0.6) is 0 Å². The molecule has 0 atom stereocenters. The third-order valence-electron chi connectivity index (χ3n) is 4.21. The van der Waals surface area contributed by atoms with Crippen molar-refractivity contribution >= 4 is 76.4 Å². The zero-order chi connectivity index (χ0) is 22.0. The highest BCUT2D eigenvalue weighted by Crippen LogP contribution is 2.32. The van der Waals surface area contributed by atoms with E-state index < -0.39 is 4.92 Å². The number of thiazole rings is 1. The van der Waals surface area contributed by atoms with Gasteiger partial charge in [-0.25, -0.2) is 4.98 Å². The van der Waals surface area contributed by atoms with E-state index in [1.165, 1.54) is 34.7 Å². The molecule has 0 saturated heterocycles. The number of non-ortho nitro benzene ring substituents is 1. The van der Waals surface area contributed by atoms with Gasteiger partial charge in [0, 0.05) is 26.6 Å². The summed E-state index contributed by atoms with van der Waals surface area (Å²) in [6.45, 7) is 0. The summed E-state index contributed by atoms with van der Waals surface area (Å²) in [6.07, 6.45) is 1.47. The second-order valence-electron chi connectivity index (χ2n) is 6.33. The minimum atomic E-state index is -0.469. The Hall–Kier alpha value is -2.95. The van der Waals surface area contributed by atoms with Crippen LogP contribution in [-0.2, 0) is 0 Å². The summed E-state index contributed by atoms with van der Waals surface area (Å²) in [5, 5.41) is 16.9. The second kappa shape index (κ2) is 9.04. The number of nitro groups is 1. The van der Waals surface area contributed by atoms with Crippen LogP contribution in [0.3, 0.4) is 0 Å². The third-order valence-corrected chi connectivity index (χ3v) is 6.19. The van der Waals surface area contributed by atoms with Gasteiger partial charge in [0.05, 0.1) is 21.4 Å². The quantitative estimate of drug-likeness (QED) is 0.160. The lowest BCUT2D eigenvalue weighted by atomic mass is 10.2. The number of rotatable bonds is 5. The first-order chi connectivity index (χ1) is 14.9. The number of fused-ring (bicyclic) bond motifs is 1. The Bertz CT molecular complexity index is 1320. The molecule has 0 radical (unpaired) electrons. The third kappa shape index (κ3) is 4.87. The van der Waals surface area contributed by atoms with E-state index >= 15 is 0 Å². The van der Waals surface area contributed by atoms with Gasteiger partial charge in [-0.05, 0) is 54.1 Å². The number of benzene rings is 3. The highest BCUT2D eigenvalue weighted by molar-refractivity contribution is 9.10. The number of hydrogen-bond acceptors (Lipinski definition) is 6. The van der Waals surface area contributed by atoms with E-state index in [1.54, 1.807) is 30.3 Å². The summed E-state index contributed by atoms with van der Waals surface area (Å²) in [5.41, 5.74) is 1.79. The number of hydrazone groups is 1. The number of anilines is 1. The van der Waals surface area contributed by atoms with Crippen molar-refractivity contribution < 1.29 is 9.72 Å². The van der Waals surface area contributed by atoms with Gasteiger partial charge in [-0.3, -0.25) is 14.9 Å². The summed E-state index contributed by atoms with van der Waals surface area (Å²) in [6, 6.07) is 18.6. The Morgan fingerprint density at radius 2 is 1.81 bits per heavy atom. The number of carbonyl (C=O) groups excluding carboxylic acids is 1. The molecule has 10 heteroatoms. The van der Waals surface area contributed by atoms with E-state index in [0.717, 1.165) is 19.2 Å². The summed E-state index contributed by atoms with van der Waals surface area (Å²) in [4.78, 5) is 28.2. The molecular formula is C21H12Br2N4O3S. The van der Waals surface area contributed by atoms with Crippen molar-refractivity contribution in [3.05, 3.63) is 96.9 Å². The van der Waals surface area contributed by atoms with E-state index in [4.69, 9.17) is 0 Å². The van der Waals surface area contributed by atoms with Crippen LogP contribution >= 0.6 is 43.2 Å². The normalized spacial score (nSPS) is 11.2. The molecule has 0 N–H and O–H groups in total. The molecule has 0 aliphatic heterocycles. The summed E-state index contributed by atoms with van der Waals surface area (Å²) in [5.74, 6) is -0.349.